The molecule has 49 heavy (non-hydrogen) atoms. The number of hydrogen-bond donors (Lipinski definition) is 0. The van der Waals surface area contributed by atoms with Gasteiger partial charge in [-0.2, -0.15) is 0 Å². The van der Waals surface area contributed by atoms with Crippen LogP contribution >= 0.6 is 0 Å². The Morgan fingerprint density at radius 2 is 1.47 bits per heavy atom. The van der Waals surface area contributed by atoms with Crippen LogP contribution in [0.25, 0.3) is 0 Å². The molecule has 7 rings (SSSR count). The van der Waals surface area contributed by atoms with Gasteiger partial charge in [-0.05, 0) is 24.0 Å². The Morgan fingerprint density at radius 3 is 2.16 bits per heavy atom. The first-order valence-corrected chi connectivity index (χ1v) is 17.3. The zero-order valence-corrected chi connectivity index (χ0v) is 28.2. The number of carbonyl (C=O) groups excluding carboxylic acids is 2. The lowest BCUT2D eigenvalue weighted by Gasteiger charge is -2.59. The van der Waals surface area contributed by atoms with Crippen LogP contribution in [0.2, 0.25) is 0 Å². The van der Waals surface area contributed by atoms with E-state index in [2.05, 4.69) is 0 Å². The van der Waals surface area contributed by atoms with Crippen LogP contribution in [0.3, 0.4) is 0 Å². The third kappa shape index (κ3) is 7.43. The van der Waals surface area contributed by atoms with Gasteiger partial charge in [-0.1, -0.05) is 60.7 Å². The molecule has 5 fully saturated rings. The van der Waals surface area contributed by atoms with E-state index in [1.54, 1.807) is 7.11 Å². The van der Waals surface area contributed by atoms with Crippen LogP contribution in [0, 0.1) is 0 Å². The van der Waals surface area contributed by atoms with E-state index in [0.29, 0.717) is 26.2 Å². The summed E-state index contributed by atoms with van der Waals surface area (Å²) in [4.78, 5) is 25.0. The van der Waals surface area contributed by atoms with Gasteiger partial charge in [0, 0.05) is 40.4 Å². The lowest BCUT2D eigenvalue weighted by atomic mass is 9.79. The predicted molar refractivity (Wildman–Crippen MR) is 171 cm³/mol. The highest BCUT2D eigenvalue weighted by atomic mass is 16.8. The molecule has 0 saturated carbocycles. The fraction of sp³-hybridized carbons (Fsp3) is 0.622. The van der Waals surface area contributed by atoms with Gasteiger partial charge < -0.3 is 47.4 Å². The SMILES string of the molecule is CO[C@@]12C[C@H](OCc3ccccc3)[C@@H](COCc3ccccc3)O[C@H]1[C@H](OC(C)=O)[C@H]1O[C@H]3[C@H](OC(C)=O)[C@H]4OCCC[C@@H]4O[C@@H]3C[C@@H]1O2. The van der Waals surface area contributed by atoms with Crippen molar-refractivity contribution in [3.63, 3.8) is 0 Å². The molecule has 5 aliphatic rings. The summed E-state index contributed by atoms with van der Waals surface area (Å²) in [5.74, 6) is -2.28. The van der Waals surface area contributed by atoms with Crippen LogP contribution < -0.4 is 0 Å². The van der Waals surface area contributed by atoms with Crippen molar-refractivity contribution >= 4 is 11.9 Å². The van der Waals surface area contributed by atoms with Gasteiger partial charge in [0.2, 0.25) is 5.79 Å². The summed E-state index contributed by atoms with van der Waals surface area (Å²) in [6.07, 6.45) is -4.46. The molecule has 0 amide bonds. The van der Waals surface area contributed by atoms with Gasteiger partial charge in [0.15, 0.2) is 18.3 Å². The summed E-state index contributed by atoms with van der Waals surface area (Å²) in [6, 6.07) is 19.8. The second-order valence-corrected chi connectivity index (χ2v) is 13.4. The molecule has 0 radical (unpaired) electrons. The van der Waals surface area contributed by atoms with Crippen LogP contribution in [-0.4, -0.2) is 105 Å². The Morgan fingerprint density at radius 1 is 0.796 bits per heavy atom. The highest BCUT2D eigenvalue weighted by Crippen LogP contribution is 2.48. The summed E-state index contributed by atoms with van der Waals surface area (Å²) in [7, 11) is 1.56. The second kappa shape index (κ2) is 15.1. The Balaban J connectivity index is 1.17. The lowest BCUT2D eigenvalue weighted by molar-refractivity contribution is -0.422. The minimum Gasteiger partial charge on any atom is -0.457 e. The standard InChI is InChI=1S/C37H46O12/c1-22(38)44-34-31-26(15-10-16-42-31)46-27-17-28-33(48-32(27)34)35(45-23(2)39)36-37(40-3,49-28)18-29(43-20-25-13-8-5-9-14-25)30(47-36)21-41-19-24-11-6-4-7-12-24/h4-9,11-14,26-36H,10,15-21H2,1-3H3/t26-,27+,28-,29-,30+,31-,32+,33-,34+,35+,36-,37+/m0/s1. The van der Waals surface area contributed by atoms with Crippen LogP contribution in [-0.2, 0) is 70.2 Å². The van der Waals surface area contributed by atoms with E-state index in [-0.39, 0.29) is 19.1 Å². The highest BCUT2D eigenvalue weighted by molar-refractivity contribution is 5.66. The Hall–Kier alpha value is -2.94. The molecule has 12 nitrogen and oxygen atoms in total. The number of esters is 2. The zero-order chi connectivity index (χ0) is 34.0. The molecule has 0 unspecified atom stereocenters. The van der Waals surface area contributed by atoms with Gasteiger partial charge in [0.25, 0.3) is 0 Å². The van der Waals surface area contributed by atoms with Crippen molar-refractivity contribution in [2.75, 3.05) is 20.3 Å². The first-order chi connectivity index (χ1) is 23.8. The van der Waals surface area contributed by atoms with Crippen molar-refractivity contribution < 1.29 is 57.0 Å². The number of ether oxygens (including phenoxy) is 10. The zero-order valence-electron chi connectivity index (χ0n) is 28.2. The molecule has 0 aromatic heterocycles. The maximum Gasteiger partial charge on any atom is 0.303 e. The predicted octanol–water partition coefficient (Wildman–Crippen LogP) is 3.65. The summed E-state index contributed by atoms with van der Waals surface area (Å²) in [5.41, 5.74) is 2.04. The molecule has 12 atom stereocenters. The molecule has 2 aromatic carbocycles. The summed E-state index contributed by atoms with van der Waals surface area (Å²) in [5, 5.41) is 0. The van der Waals surface area contributed by atoms with E-state index < -0.39 is 78.8 Å². The molecule has 5 saturated heterocycles. The Bertz CT molecular complexity index is 1410. The molecule has 0 N–H and O–H groups in total. The lowest BCUT2D eigenvalue weighted by Crippen LogP contribution is -2.75. The van der Waals surface area contributed by atoms with E-state index in [9.17, 15) is 9.59 Å². The van der Waals surface area contributed by atoms with Gasteiger partial charge in [-0.3, -0.25) is 9.59 Å². The quantitative estimate of drug-likeness (QED) is 0.340. The largest absolute Gasteiger partial charge is 0.457 e. The molecule has 5 aliphatic heterocycles. The van der Waals surface area contributed by atoms with E-state index in [1.807, 2.05) is 60.7 Å². The van der Waals surface area contributed by atoms with E-state index >= 15 is 0 Å². The summed E-state index contributed by atoms with van der Waals surface area (Å²) < 4.78 is 63.8. The minimum absolute atomic E-state index is 0.208. The van der Waals surface area contributed by atoms with Crippen LogP contribution in [0.5, 0.6) is 0 Å². The fourth-order valence-corrected chi connectivity index (χ4v) is 7.95. The Kier molecular flexibility index (Phi) is 10.6. The second-order valence-electron chi connectivity index (χ2n) is 13.4. The molecule has 5 heterocycles. The minimum atomic E-state index is -1.34. The third-order valence-electron chi connectivity index (χ3n) is 10.1. The highest BCUT2D eigenvalue weighted by Gasteiger charge is 2.66. The molecule has 0 spiro atoms. The number of rotatable bonds is 10. The molecule has 266 valence electrons. The van der Waals surface area contributed by atoms with Gasteiger partial charge in [-0.25, -0.2) is 0 Å². The van der Waals surface area contributed by atoms with Crippen molar-refractivity contribution in [2.24, 2.45) is 0 Å². The van der Waals surface area contributed by atoms with Gasteiger partial charge in [0.05, 0.1) is 44.2 Å². The smallest absolute Gasteiger partial charge is 0.303 e. The maximum atomic E-state index is 12.7. The third-order valence-corrected chi connectivity index (χ3v) is 10.1. The number of benzene rings is 2. The van der Waals surface area contributed by atoms with Crippen LogP contribution in [0.1, 0.15) is 50.7 Å². The van der Waals surface area contributed by atoms with Gasteiger partial charge in [-0.15, -0.1) is 0 Å². The molecule has 0 aliphatic carbocycles. The average Bonchev–Trinajstić information content (AvgIpc) is 3.10. The number of methoxy groups -OCH3 is 1. The molecule has 2 aromatic rings. The average molecular weight is 683 g/mol. The number of carbonyl (C=O) groups is 2. The van der Waals surface area contributed by atoms with Crippen molar-refractivity contribution in [2.45, 2.75) is 126 Å². The van der Waals surface area contributed by atoms with Gasteiger partial charge in [0.1, 0.15) is 24.4 Å². The number of hydrogen-bond acceptors (Lipinski definition) is 12. The van der Waals surface area contributed by atoms with E-state index in [1.165, 1.54) is 13.8 Å². The topological polar surface area (TPSA) is 126 Å². The van der Waals surface area contributed by atoms with Crippen molar-refractivity contribution in [1.29, 1.82) is 0 Å². The van der Waals surface area contributed by atoms with Crippen molar-refractivity contribution in [3.8, 4) is 0 Å². The Labute approximate surface area is 286 Å². The summed E-state index contributed by atoms with van der Waals surface area (Å²) in [6.45, 7) is 4.20. The molecule has 12 heteroatoms. The van der Waals surface area contributed by atoms with Crippen molar-refractivity contribution in [1.82, 2.24) is 0 Å². The maximum absolute atomic E-state index is 12.7. The van der Waals surface area contributed by atoms with Crippen LogP contribution in [0.15, 0.2) is 60.7 Å². The summed E-state index contributed by atoms with van der Waals surface area (Å²) >= 11 is 0. The molecular formula is C37H46O12. The first-order valence-electron chi connectivity index (χ1n) is 17.3. The van der Waals surface area contributed by atoms with Crippen LogP contribution in [0.4, 0.5) is 0 Å². The van der Waals surface area contributed by atoms with Crippen molar-refractivity contribution in [3.05, 3.63) is 71.8 Å². The van der Waals surface area contributed by atoms with E-state index in [0.717, 1.165) is 24.0 Å². The molecular weight excluding hydrogens is 636 g/mol. The normalized spacial score (nSPS) is 38.2. The monoisotopic (exact) mass is 682 g/mol. The first kappa shape index (κ1) is 34.5. The van der Waals surface area contributed by atoms with E-state index in [4.69, 9.17) is 47.4 Å². The van der Waals surface area contributed by atoms with Gasteiger partial charge >= 0.3 is 11.9 Å². The molecule has 0 bridgehead atoms. The number of fused-ring (bicyclic) bond motifs is 4. The fourth-order valence-electron chi connectivity index (χ4n) is 7.95.